The van der Waals surface area contributed by atoms with E-state index in [9.17, 15) is 4.39 Å². The average Bonchev–Trinajstić information content (AvgIpc) is 2.91. The molecule has 0 saturated heterocycles. The number of rotatable bonds is 3. The van der Waals surface area contributed by atoms with Crippen LogP contribution in [0.3, 0.4) is 0 Å². The maximum Gasteiger partial charge on any atom is 0.241 e. The summed E-state index contributed by atoms with van der Waals surface area (Å²) in [5.41, 5.74) is 3.11. The van der Waals surface area contributed by atoms with E-state index in [1.54, 1.807) is 18.3 Å². The number of aromatic amines is 1. The van der Waals surface area contributed by atoms with Gasteiger partial charge in [-0.1, -0.05) is 6.07 Å². The first kappa shape index (κ1) is 12.8. The van der Waals surface area contributed by atoms with E-state index in [2.05, 4.69) is 46.8 Å². The molecule has 0 amide bonds. The minimum Gasteiger partial charge on any atom is -0.336 e. The summed E-state index contributed by atoms with van der Waals surface area (Å²) in [6.07, 6.45) is 1.55. The van der Waals surface area contributed by atoms with Crippen molar-refractivity contribution in [2.24, 2.45) is 5.84 Å². The van der Waals surface area contributed by atoms with Crippen molar-refractivity contribution in [2.45, 2.75) is 0 Å². The third-order valence-electron chi connectivity index (χ3n) is 2.65. The van der Waals surface area contributed by atoms with E-state index in [1.165, 1.54) is 6.07 Å². The number of benzene rings is 1. The third-order valence-corrected chi connectivity index (χ3v) is 3.31. The zero-order valence-corrected chi connectivity index (χ0v) is 11.6. The van der Waals surface area contributed by atoms with E-state index in [0.717, 1.165) is 0 Å². The summed E-state index contributed by atoms with van der Waals surface area (Å²) in [4.78, 5) is 8.25. The Kier molecular flexibility index (Phi) is 3.20. The molecule has 0 saturated carbocycles. The topological polar surface area (TPSA) is 105 Å². The lowest BCUT2D eigenvalue weighted by atomic mass is 10.3. The number of para-hydroxylation sites is 1. The van der Waals surface area contributed by atoms with Gasteiger partial charge < -0.3 is 5.32 Å². The predicted molar refractivity (Wildman–Crippen MR) is 76.9 cm³/mol. The van der Waals surface area contributed by atoms with Crippen LogP contribution in [0.4, 0.5) is 21.8 Å². The van der Waals surface area contributed by atoms with Crippen molar-refractivity contribution >= 4 is 44.4 Å². The molecular formula is C11H9BrFN7. The molecule has 0 fully saturated rings. The number of nitrogens with one attached hydrogen (secondary N) is 3. The van der Waals surface area contributed by atoms with Crippen LogP contribution in [0.5, 0.6) is 0 Å². The van der Waals surface area contributed by atoms with Gasteiger partial charge in [0.2, 0.25) is 5.95 Å². The van der Waals surface area contributed by atoms with Crippen molar-refractivity contribution < 1.29 is 4.39 Å². The maximum atomic E-state index is 13.8. The van der Waals surface area contributed by atoms with Crippen LogP contribution < -0.4 is 16.6 Å². The predicted octanol–water partition coefficient (Wildman–Crippen LogP) is 2.28. The number of aromatic nitrogens is 4. The standard InChI is InChI=1S/C11H9BrFN7/c12-6-2-1-3-7(13)8(6)16-9-5-4-15-20-10(5)18-11(17-9)19-14/h1-4H,14H2,(H3,15,16,17,18,19,20). The Hall–Kier alpha value is -2.26. The number of nitrogens with two attached hydrogens (primary N) is 1. The number of hydrogen-bond donors (Lipinski definition) is 4. The zero-order chi connectivity index (χ0) is 14.1. The highest BCUT2D eigenvalue weighted by atomic mass is 79.9. The van der Waals surface area contributed by atoms with Crippen molar-refractivity contribution in [1.29, 1.82) is 0 Å². The molecule has 0 bridgehead atoms. The second-order valence-electron chi connectivity index (χ2n) is 3.89. The van der Waals surface area contributed by atoms with Gasteiger partial charge in [-0.05, 0) is 28.1 Å². The molecule has 0 aliphatic carbocycles. The second kappa shape index (κ2) is 5.02. The van der Waals surface area contributed by atoms with E-state index < -0.39 is 5.82 Å². The number of nitrogens with zero attached hydrogens (tertiary/aromatic N) is 3. The minimum absolute atomic E-state index is 0.191. The first-order valence-electron chi connectivity index (χ1n) is 5.58. The number of anilines is 3. The monoisotopic (exact) mass is 337 g/mol. The molecule has 5 N–H and O–H groups in total. The average molecular weight is 338 g/mol. The Morgan fingerprint density at radius 2 is 2.15 bits per heavy atom. The largest absolute Gasteiger partial charge is 0.336 e. The molecule has 3 aromatic rings. The molecule has 0 spiro atoms. The molecule has 20 heavy (non-hydrogen) atoms. The van der Waals surface area contributed by atoms with Gasteiger partial charge in [-0.2, -0.15) is 15.1 Å². The van der Waals surface area contributed by atoms with E-state index in [-0.39, 0.29) is 11.6 Å². The Balaban J connectivity index is 2.12. The van der Waals surface area contributed by atoms with Gasteiger partial charge in [-0.25, -0.2) is 10.2 Å². The van der Waals surface area contributed by atoms with Gasteiger partial charge in [0.25, 0.3) is 0 Å². The molecule has 1 aromatic carbocycles. The summed E-state index contributed by atoms with van der Waals surface area (Å²) in [6, 6.07) is 4.68. The Bertz CT molecular complexity index is 752. The highest BCUT2D eigenvalue weighted by Crippen LogP contribution is 2.30. The molecule has 0 aliphatic rings. The molecule has 2 heterocycles. The summed E-state index contributed by atoms with van der Waals surface area (Å²) in [5.74, 6) is 5.49. The van der Waals surface area contributed by atoms with E-state index in [1.807, 2.05) is 0 Å². The Morgan fingerprint density at radius 1 is 1.30 bits per heavy atom. The van der Waals surface area contributed by atoms with Gasteiger partial charge in [0.15, 0.2) is 5.65 Å². The number of fused-ring (bicyclic) bond motifs is 1. The first-order chi connectivity index (χ1) is 9.69. The molecule has 2 aromatic heterocycles. The fraction of sp³-hybridized carbons (Fsp3) is 0. The summed E-state index contributed by atoms with van der Waals surface area (Å²) in [6.45, 7) is 0. The van der Waals surface area contributed by atoms with E-state index in [0.29, 0.717) is 21.3 Å². The SMILES string of the molecule is NNc1nc(Nc2c(F)cccc2Br)c2cn[nH]c2n1. The van der Waals surface area contributed by atoms with Gasteiger partial charge in [0, 0.05) is 4.47 Å². The molecule has 7 nitrogen and oxygen atoms in total. The summed E-state index contributed by atoms with van der Waals surface area (Å²) >= 11 is 3.29. The van der Waals surface area contributed by atoms with Crippen LogP contribution in [0.15, 0.2) is 28.9 Å². The van der Waals surface area contributed by atoms with E-state index >= 15 is 0 Å². The fourth-order valence-corrected chi connectivity index (χ4v) is 2.17. The quantitative estimate of drug-likeness (QED) is 0.431. The lowest BCUT2D eigenvalue weighted by Gasteiger charge is -2.10. The van der Waals surface area contributed by atoms with Crippen molar-refractivity contribution in [3.8, 4) is 0 Å². The van der Waals surface area contributed by atoms with Crippen LogP contribution in [0.25, 0.3) is 11.0 Å². The van der Waals surface area contributed by atoms with Crippen LogP contribution in [-0.2, 0) is 0 Å². The summed E-state index contributed by atoms with van der Waals surface area (Å²) in [5, 5.41) is 10.1. The summed E-state index contributed by atoms with van der Waals surface area (Å²) < 4.78 is 14.4. The first-order valence-corrected chi connectivity index (χ1v) is 6.37. The van der Waals surface area contributed by atoms with Gasteiger partial charge in [0.05, 0.1) is 17.3 Å². The van der Waals surface area contributed by atoms with Crippen LogP contribution in [0.2, 0.25) is 0 Å². The Morgan fingerprint density at radius 3 is 2.90 bits per heavy atom. The molecule has 3 rings (SSSR count). The lowest BCUT2D eigenvalue weighted by Crippen LogP contribution is -2.11. The van der Waals surface area contributed by atoms with E-state index in [4.69, 9.17) is 5.84 Å². The van der Waals surface area contributed by atoms with Gasteiger partial charge >= 0.3 is 0 Å². The molecule has 9 heteroatoms. The molecule has 0 atom stereocenters. The van der Waals surface area contributed by atoms with Crippen molar-refractivity contribution in [1.82, 2.24) is 20.2 Å². The second-order valence-corrected chi connectivity index (χ2v) is 4.75. The lowest BCUT2D eigenvalue weighted by molar-refractivity contribution is 0.631. The number of hydrogen-bond acceptors (Lipinski definition) is 6. The highest BCUT2D eigenvalue weighted by molar-refractivity contribution is 9.10. The third kappa shape index (κ3) is 2.17. The van der Waals surface area contributed by atoms with Gasteiger partial charge in [-0.15, -0.1) is 0 Å². The molecule has 0 radical (unpaired) electrons. The number of nitrogen functional groups attached to an aromatic ring is 1. The number of halogens is 2. The highest BCUT2D eigenvalue weighted by Gasteiger charge is 2.13. The van der Waals surface area contributed by atoms with Crippen molar-refractivity contribution in [2.75, 3.05) is 10.7 Å². The van der Waals surface area contributed by atoms with Crippen LogP contribution in [-0.4, -0.2) is 20.2 Å². The zero-order valence-electron chi connectivity index (χ0n) is 9.98. The van der Waals surface area contributed by atoms with Crippen LogP contribution in [0, 0.1) is 5.82 Å². The normalized spacial score (nSPS) is 10.8. The molecular weight excluding hydrogens is 329 g/mol. The van der Waals surface area contributed by atoms with Crippen molar-refractivity contribution in [3.05, 3.63) is 34.7 Å². The Labute approximate surface area is 120 Å². The van der Waals surface area contributed by atoms with Crippen molar-refractivity contribution in [3.63, 3.8) is 0 Å². The molecule has 102 valence electrons. The minimum atomic E-state index is -0.406. The number of hydrazine groups is 1. The maximum absolute atomic E-state index is 13.8. The van der Waals surface area contributed by atoms with Crippen LogP contribution >= 0.6 is 15.9 Å². The summed E-state index contributed by atoms with van der Waals surface area (Å²) in [7, 11) is 0. The smallest absolute Gasteiger partial charge is 0.241 e. The molecule has 0 aliphatic heterocycles. The molecule has 0 unspecified atom stereocenters. The number of H-pyrrole nitrogens is 1. The fourth-order valence-electron chi connectivity index (χ4n) is 1.73. The van der Waals surface area contributed by atoms with Crippen LogP contribution in [0.1, 0.15) is 0 Å². The van der Waals surface area contributed by atoms with Gasteiger partial charge in [0.1, 0.15) is 11.6 Å². The van der Waals surface area contributed by atoms with Gasteiger partial charge in [-0.3, -0.25) is 10.5 Å².